The van der Waals surface area contributed by atoms with Crippen LogP contribution in [0.4, 0.5) is 23.2 Å². The smallest absolute Gasteiger partial charge is 0.298 e. The summed E-state index contributed by atoms with van der Waals surface area (Å²) in [7, 11) is 0. The van der Waals surface area contributed by atoms with Crippen LogP contribution in [0.25, 0.3) is 5.69 Å². The number of hydrogen-bond acceptors (Lipinski definition) is 4. The second-order valence-electron chi connectivity index (χ2n) is 5.98. The molecule has 0 bridgehead atoms. The maximum atomic E-state index is 14.1. The van der Waals surface area contributed by atoms with Crippen molar-refractivity contribution in [2.75, 3.05) is 5.43 Å². The number of anilines is 1. The van der Waals surface area contributed by atoms with Gasteiger partial charge in [0.1, 0.15) is 11.5 Å². The number of para-hydroxylation sites is 2. The fourth-order valence-corrected chi connectivity index (χ4v) is 2.59. The Labute approximate surface area is 161 Å². The van der Waals surface area contributed by atoms with E-state index in [4.69, 9.17) is 0 Å². The third-order valence-electron chi connectivity index (χ3n) is 3.95. The number of carbonyl (C=O) groups excluding carboxylic acids is 1. The van der Waals surface area contributed by atoms with Gasteiger partial charge in [-0.1, -0.05) is 24.3 Å². The first-order valence-electron chi connectivity index (χ1n) is 8.27. The van der Waals surface area contributed by atoms with Crippen LogP contribution in [0.5, 0.6) is 0 Å². The van der Waals surface area contributed by atoms with Gasteiger partial charge in [0, 0.05) is 11.8 Å². The molecule has 2 N–H and O–H groups in total. The zero-order valence-corrected chi connectivity index (χ0v) is 14.9. The molecule has 0 unspecified atom stereocenters. The predicted octanol–water partition coefficient (Wildman–Crippen LogP) is 3.46. The first-order chi connectivity index (χ1) is 13.7. The van der Waals surface area contributed by atoms with E-state index >= 15 is 0 Å². The van der Waals surface area contributed by atoms with E-state index in [0.717, 1.165) is 22.9 Å². The average molecular weight is 406 g/mol. The molecular formula is C19H14F4N4O2. The van der Waals surface area contributed by atoms with Gasteiger partial charge in [0.2, 0.25) is 5.43 Å². The zero-order chi connectivity index (χ0) is 21.2. The van der Waals surface area contributed by atoms with Crippen molar-refractivity contribution in [3.05, 3.63) is 87.6 Å². The second kappa shape index (κ2) is 7.74. The Morgan fingerprint density at radius 1 is 1.07 bits per heavy atom. The summed E-state index contributed by atoms with van der Waals surface area (Å²) in [5, 5.41) is 3.88. The monoisotopic (exact) mass is 406 g/mol. The summed E-state index contributed by atoms with van der Waals surface area (Å²) in [6.45, 7) is 1.50. The minimum absolute atomic E-state index is 0.00873. The molecule has 1 amide bonds. The van der Waals surface area contributed by atoms with E-state index in [1.54, 1.807) is 6.07 Å². The first-order valence-corrected chi connectivity index (χ1v) is 8.27. The van der Waals surface area contributed by atoms with Crippen molar-refractivity contribution in [2.45, 2.75) is 13.1 Å². The van der Waals surface area contributed by atoms with Crippen LogP contribution in [-0.2, 0) is 6.18 Å². The Morgan fingerprint density at radius 3 is 2.41 bits per heavy atom. The van der Waals surface area contributed by atoms with Crippen LogP contribution in [-0.4, -0.2) is 15.7 Å². The molecule has 10 heteroatoms. The van der Waals surface area contributed by atoms with Crippen molar-refractivity contribution in [3.8, 4) is 5.69 Å². The van der Waals surface area contributed by atoms with Crippen LogP contribution in [0.15, 0.2) is 59.4 Å². The number of nitrogens with zero attached hydrogens (tertiary/aromatic N) is 2. The lowest BCUT2D eigenvalue weighted by Gasteiger charge is -2.15. The molecule has 0 aliphatic rings. The van der Waals surface area contributed by atoms with Gasteiger partial charge in [-0.05, 0) is 31.2 Å². The molecule has 3 rings (SSSR count). The lowest BCUT2D eigenvalue weighted by molar-refractivity contribution is -0.137. The molecule has 3 aromatic rings. The zero-order valence-electron chi connectivity index (χ0n) is 14.9. The summed E-state index contributed by atoms with van der Waals surface area (Å²) in [5.41, 5.74) is 1.66. The van der Waals surface area contributed by atoms with E-state index in [0.29, 0.717) is 0 Å². The largest absolute Gasteiger partial charge is 0.418 e. The van der Waals surface area contributed by atoms with Gasteiger partial charge in [-0.3, -0.25) is 20.4 Å². The summed E-state index contributed by atoms with van der Waals surface area (Å²) < 4.78 is 54.2. The molecule has 0 aliphatic heterocycles. The molecule has 6 nitrogen and oxygen atoms in total. The lowest BCUT2D eigenvalue weighted by atomic mass is 10.2. The van der Waals surface area contributed by atoms with Gasteiger partial charge >= 0.3 is 6.18 Å². The van der Waals surface area contributed by atoms with Crippen LogP contribution in [0.2, 0.25) is 0 Å². The highest BCUT2D eigenvalue weighted by Gasteiger charge is 2.33. The topological polar surface area (TPSA) is 76.0 Å². The molecule has 0 fully saturated rings. The Bertz CT molecular complexity index is 1130. The van der Waals surface area contributed by atoms with Crippen LogP contribution in [0.3, 0.4) is 0 Å². The fourth-order valence-electron chi connectivity index (χ4n) is 2.59. The van der Waals surface area contributed by atoms with Gasteiger partial charge in [0.15, 0.2) is 5.69 Å². The van der Waals surface area contributed by atoms with Crippen LogP contribution < -0.4 is 16.3 Å². The van der Waals surface area contributed by atoms with Crippen molar-refractivity contribution in [3.63, 3.8) is 0 Å². The quantitative estimate of drug-likeness (QED) is 0.514. The maximum absolute atomic E-state index is 14.1. The number of alkyl halides is 3. The Kier molecular flexibility index (Phi) is 5.35. The standard InChI is InChI=1S/C19H14F4N4O2/c1-11-10-16(28)17(26-27(11)15-9-5-3-7-13(15)20)18(29)25-24-14-8-4-2-6-12(14)19(21,22)23/h2-10,24H,1H3,(H,25,29). The molecule has 2 aromatic carbocycles. The molecule has 150 valence electrons. The van der Waals surface area contributed by atoms with Crippen molar-refractivity contribution in [1.82, 2.24) is 15.2 Å². The van der Waals surface area contributed by atoms with Gasteiger partial charge in [-0.2, -0.15) is 18.3 Å². The molecule has 1 aromatic heterocycles. The summed E-state index contributed by atoms with van der Waals surface area (Å²) in [4.78, 5) is 24.5. The van der Waals surface area contributed by atoms with E-state index < -0.39 is 40.3 Å². The number of aryl methyl sites for hydroxylation is 1. The normalized spacial score (nSPS) is 11.2. The average Bonchev–Trinajstić information content (AvgIpc) is 2.66. The van der Waals surface area contributed by atoms with Crippen LogP contribution in [0.1, 0.15) is 21.7 Å². The van der Waals surface area contributed by atoms with E-state index in [2.05, 4.69) is 10.5 Å². The van der Waals surface area contributed by atoms with E-state index in [1.807, 2.05) is 5.43 Å². The van der Waals surface area contributed by atoms with Crippen molar-refractivity contribution >= 4 is 11.6 Å². The van der Waals surface area contributed by atoms with Crippen LogP contribution >= 0.6 is 0 Å². The number of rotatable bonds is 4. The minimum atomic E-state index is -4.64. The van der Waals surface area contributed by atoms with Gasteiger partial charge < -0.3 is 0 Å². The summed E-state index contributed by atoms with van der Waals surface area (Å²) >= 11 is 0. The van der Waals surface area contributed by atoms with Crippen molar-refractivity contribution < 1.29 is 22.4 Å². The highest BCUT2D eigenvalue weighted by molar-refractivity contribution is 5.92. The number of nitrogens with one attached hydrogen (secondary N) is 2. The first kappa shape index (κ1) is 20.1. The fraction of sp³-hybridized carbons (Fsp3) is 0.105. The molecule has 1 heterocycles. The SMILES string of the molecule is Cc1cc(=O)c(C(=O)NNc2ccccc2C(F)(F)F)nn1-c1ccccc1F. The van der Waals surface area contributed by atoms with Gasteiger partial charge in [0.05, 0.1) is 11.3 Å². The van der Waals surface area contributed by atoms with Gasteiger partial charge in [-0.15, -0.1) is 0 Å². The summed E-state index contributed by atoms with van der Waals surface area (Å²) in [6.07, 6.45) is -4.64. The Morgan fingerprint density at radius 2 is 1.72 bits per heavy atom. The van der Waals surface area contributed by atoms with E-state index in [1.165, 1.54) is 37.3 Å². The molecule has 0 saturated carbocycles. The number of aromatic nitrogens is 2. The molecule has 29 heavy (non-hydrogen) atoms. The second-order valence-corrected chi connectivity index (χ2v) is 5.98. The van der Waals surface area contributed by atoms with Gasteiger partial charge in [0.25, 0.3) is 5.91 Å². The molecule has 0 atom stereocenters. The number of benzene rings is 2. The number of hydrogen-bond donors (Lipinski definition) is 2. The minimum Gasteiger partial charge on any atom is -0.298 e. The third kappa shape index (κ3) is 4.26. The Balaban J connectivity index is 1.91. The molecule has 0 aliphatic carbocycles. The highest BCUT2D eigenvalue weighted by Crippen LogP contribution is 2.34. The maximum Gasteiger partial charge on any atom is 0.418 e. The molecule has 0 saturated heterocycles. The molecular weight excluding hydrogens is 392 g/mol. The molecule has 0 spiro atoms. The molecule has 0 radical (unpaired) electrons. The number of carbonyl (C=O) groups is 1. The number of amides is 1. The summed E-state index contributed by atoms with van der Waals surface area (Å²) in [6, 6.07) is 11.2. The highest BCUT2D eigenvalue weighted by atomic mass is 19.4. The summed E-state index contributed by atoms with van der Waals surface area (Å²) in [5.74, 6) is -1.70. The van der Waals surface area contributed by atoms with E-state index in [9.17, 15) is 27.2 Å². The number of hydrazine groups is 1. The van der Waals surface area contributed by atoms with E-state index in [-0.39, 0.29) is 11.4 Å². The van der Waals surface area contributed by atoms with Crippen molar-refractivity contribution in [2.24, 2.45) is 0 Å². The number of halogens is 4. The third-order valence-corrected chi connectivity index (χ3v) is 3.95. The Hall–Kier alpha value is -3.69. The van der Waals surface area contributed by atoms with Crippen LogP contribution in [0, 0.1) is 12.7 Å². The lowest BCUT2D eigenvalue weighted by Crippen LogP contribution is -2.36. The van der Waals surface area contributed by atoms with Crippen molar-refractivity contribution in [1.29, 1.82) is 0 Å². The van der Waals surface area contributed by atoms with Gasteiger partial charge in [-0.25, -0.2) is 9.07 Å². The predicted molar refractivity (Wildman–Crippen MR) is 97.1 cm³/mol.